The number of likely N-dealkylation sites (tertiary alicyclic amines) is 1. The molecule has 2 aromatic rings. The Hall–Kier alpha value is -3.35. The monoisotopic (exact) mass is 629 g/mol. The first kappa shape index (κ1) is 33.9. The van der Waals surface area contributed by atoms with E-state index in [2.05, 4.69) is 9.89 Å². The van der Waals surface area contributed by atoms with Crippen molar-refractivity contribution in [3.63, 3.8) is 0 Å². The number of sulfonamides is 1. The molecule has 224 valence electrons. The highest BCUT2D eigenvalue weighted by atomic mass is 35.5. The van der Waals surface area contributed by atoms with Crippen molar-refractivity contribution in [1.82, 2.24) is 4.90 Å². The quantitative estimate of drug-likeness (QED) is 0.265. The molecule has 0 saturated carbocycles. The number of hydrogen-bond acceptors (Lipinski definition) is 7. The van der Waals surface area contributed by atoms with E-state index in [4.69, 9.17) is 21.0 Å². The number of nitrogens with two attached hydrogens (primary N) is 1. The van der Waals surface area contributed by atoms with Crippen LogP contribution in [0.3, 0.4) is 0 Å². The highest BCUT2D eigenvalue weighted by molar-refractivity contribution is 7.93. The van der Waals surface area contributed by atoms with Crippen molar-refractivity contribution in [1.29, 1.82) is 5.41 Å². The minimum absolute atomic E-state index is 0. The van der Waals surface area contributed by atoms with Crippen LogP contribution in [0.1, 0.15) is 36.8 Å². The second kappa shape index (κ2) is 15.0. The van der Waals surface area contributed by atoms with Crippen molar-refractivity contribution < 1.29 is 27.4 Å². The third-order valence-electron chi connectivity index (χ3n) is 6.54. The number of anilines is 1. The highest BCUT2D eigenvalue weighted by Crippen LogP contribution is 2.27. The molecule has 1 fully saturated rings. The molecule has 0 radical (unpaired) electrons. The molecule has 0 aliphatic carbocycles. The first-order chi connectivity index (χ1) is 18.6. The van der Waals surface area contributed by atoms with Crippen LogP contribution in [0.2, 0.25) is 0 Å². The van der Waals surface area contributed by atoms with Crippen LogP contribution in [-0.4, -0.2) is 74.1 Å². The average molecular weight is 631 g/mol. The Bertz CT molecular complexity index is 1380. The molecule has 0 atom stereocenters. The van der Waals surface area contributed by atoms with E-state index in [0.717, 1.165) is 55.7 Å². The summed E-state index contributed by atoms with van der Waals surface area (Å²) in [6.45, 7) is 1.92. The maximum absolute atomic E-state index is 15.0. The second-order valence-electron chi connectivity index (χ2n) is 9.49. The van der Waals surface area contributed by atoms with E-state index in [-0.39, 0.29) is 42.4 Å². The Balaban J connectivity index is 0.00000294. The summed E-state index contributed by atoms with van der Waals surface area (Å²) in [5.74, 6) is -2.02. The van der Waals surface area contributed by atoms with Gasteiger partial charge in [-0.1, -0.05) is 18.2 Å². The molecule has 41 heavy (non-hydrogen) atoms. The Morgan fingerprint density at radius 2 is 1.88 bits per heavy atom. The summed E-state index contributed by atoms with van der Waals surface area (Å²) in [4.78, 5) is 18.1. The molecule has 0 bridgehead atoms. The lowest BCUT2D eigenvalue weighted by Gasteiger charge is -2.33. The molecule has 1 saturated heterocycles. The lowest BCUT2D eigenvalue weighted by molar-refractivity contribution is -0.134. The lowest BCUT2D eigenvalue weighted by atomic mass is 10.1. The number of amidine groups is 2. The third-order valence-corrected chi connectivity index (χ3v) is 8.17. The van der Waals surface area contributed by atoms with Gasteiger partial charge in [0.25, 0.3) is 0 Å². The SMILES string of the molecule is Cl.Cl.N=C(N)c1cccc(/C=C(/F)CN(c2ccc(OC3CCN(C4=NCCC4)CC3)cc2)S(=O)(=O)CC(=O)O)c1. The molecule has 2 aliphatic heterocycles. The molecule has 14 heteroatoms. The smallest absolute Gasteiger partial charge is 0.320 e. The number of nitrogen functional groups attached to an aromatic ring is 1. The molecule has 4 rings (SSSR count). The van der Waals surface area contributed by atoms with Gasteiger partial charge in [0.1, 0.15) is 23.5 Å². The largest absolute Gasteiger partial charge is 0.490 e. The van der Waals surface area contributed by atoms with Gasteiger partial charge in [0.05, 0.1) is 18.1 Å². The fourth-order valence-electron chi connectivity index (χ4n) is 4.64. The predicted octanol–water partition coefficient (Wildman–Crippen LogP) is 4.08. The van der Waals surface area contributed by atoms with E-state index in [0.29, 0.717) is 16.9 Å². The van der Waals surface area contributed by atoms with Crippen molar-refractivity contribution in [2.45, 2.75) is 31.8 Å². The van der Waals surface area contributed by atoms with Crippen LogP contribution in [0, 0.1) is 5.41 Å². The Labute approximate surface area is 251 Å². The number of hydrogen-bond donors (Lipinski definition) is 3. The van der Waals surface area contributed by atoms with Gasteiger partial charge < -0.3 is 20.5 Å². The van der Waals surface area contributed by atoms with Crippen molar-refractivity contribution in [2.24, 2.45) is 10.7 Å². The molecule has 0 aromatic heterocycles. The number of carbonyl (C=O) groups is 1. The predicted molar refractivity (Wildman–Crippen MR) is 163 cm³/mol. The van der Waals surface area contributed by atoms with E-state index in [9.17, 15) is 13.2 Å². The Kier molecular flexibility index (Phi) is 12.4. The van der Waals surface area contributed by atoms with Gasteiger partial charge in [-0.05, 0) is 48.4 Å². The number of ether oxygens (including phenoxy) is 1. The van der Waals surface area contributed by atoms with Crippen molar-refractivity contribution >= 4 is 64.2 Å². The van der Waals surface area contributed by atoms with Gasteiger partial charge in [-0.2, -0.15) is 0 Å². The minimum Gasteiger partial charge on any atom is -0.490 e. The van der Waals surface area contributed by atoms with Crippen LogP contribution < -0.4 is 14.8 Å². The molecule has 2 aromatic carbocycles. The van der Waals surface area contributed by atoms with Crippen LogP contribution in [-0.2, 0) is 14.8 Å². The Morgan fingerprint density at radius 3 is 2.46 bits per heavy atom. The zero-order valence-corrected chi connectivity index (χ0v) is 24.7. The van der Waals surface area contributed by atoms with Gasteiger partial charge >= 0.3 is 5.97 Å². The standard InChI is InChI=1S/C27H32FN5O5S.2ClH/c28-21(16-19-3-1-4-20(15-19)27(29)30)17-33(39(36,37)18-26(34)35)22-6-8-23(9-7-22)38-24-10-13-32(14-11-24)25-5-2-12-31-25;;/h1,3-4,6-9,15-16,24H,2,5,10-14,17-18H2,(H3,29,30)(H,34,35);2*1H/b21-16+;;. The summed E-state index contributed by atoms with van der Waals surface area (Å²) in [5.41, 5.74) is 6.36. The number of nitrogens with zero attached hydrogens (tertiary/aromatic N) is 3. The summed E-state index contributed by atoms with van der Waals surface area (Å²) < 4.78 is 47.6. The van der Waals surface area contributed by atoms with Crippen molar-refractivity contribution in [3.8, 4) is 5.75 Å². The third kappa shape index (κ3) is 9.34. The van der Waals surface area contributed by atoms with Crippen LogP contribution in [0.15, 0.2) is 59.4 Å². The number of rotatable bonds is 10. The van der Waals surface area contributed by atoms with E-state index in [1.165, 1.54) is 24.0 Å². The summed E-state index contributed by atoms with van der Waals surface area (Å²) in [6.07, 6.45) is 4.92. The topological polar surface area (TPSA) is 149 Å². The number of carboxylic acid groups (broad SMARTS) is 1. The maximum Gasteiger partial charge on any atom is 0.320 e. The summed E-state index contributed by atoms with van der Waals surface area (Å²) >= 11 is 0. The fourth-order valence-corrected chi connectivity index (χ4v) is 5.87. The van der Waals surface area contributed by atoms with Crippen LogP contribution in [0.5, 0.6) is 5.75 Å². The fraction of sp³-hybridized carbons (Fsp3) is 0.370. The zero-order valence-electron chi connectivity index (χ0n) is 22.2. The first-order valence-electron chi connectivity index (χ1n) is 12.7. The summed E-state index contributed by atoms with van der Waals surface area (Å²) in [5, 5.41) is 16.7. The van der Waals surface area contributed by atoms with E-state index < -0.39 is 34.1 Å². The number of carboxylic acids is 1. The molecular formula is C27H34Cl2FN5O5S. The van der Waals surface area contributed by atoms with Gasteiger partial charge in [-0.15, -0.1) is 24.8 Å². The molecule has 0 amide bonds. The van der Waals surface area contributed by atoms with Crippen molar-refractivity contribution in [2.75, 3.05) is 36.2 Å². The normalized spacial score (nSPS) is 15.8. The first-order valence-corrected chi connectivity index (χ1v) is 14.3. The van der Waals surface area contributed by atoms with Gasteiger partial charge in [0.15, 0.2) is 5.75 Å². The number of halogens is 3. The molecular weight excluding hydrogens is 596 g/mol. The average Bonchev–Trinajstić information content (AvgIpc) is 3.43. The Morgan fingerprint density at radius 1 is 1.20 bits per heavy atom. The second-order valence-corrected chi connectivity index (χ2v) is 11.4. The number of piperidine rings is 1. The van der Waals surface area contributed by atoms with E-state index >= 15 is 4.39 Å². The van der Waals surface area contributed by atoms with E-state index in [1.807, 2.05) is 0 Å². The van der Waals surface area contributed by atoms with Gasteiger partial charge in [0.2, 0.25) is 10.0 Å². The number of aliphatic imine (C=N–C) groups is 1. The summed E-state index contributed by atoms with van der Waals surface area (Å²) in [7, 11) is -4.40. The van der Waals surface area contributed by atoms with Gasteiger partial charge in [-0.25, -0.2) is 12.8 Å². The van der Waals surface area contributed by atoms with Crippen LogP contribution >= 0.6 is 24.8 Å². The number of nitrogens with one attached hydrogen (secondary N) is 1. The maximum atomic E-state index is 15.0. The summed E-state index contributed by atoms with van der Waals surface area (Å²) in [6, 6.07) is 12.4. The van der Waals surface area contributed by atoms with E-state index in [1.54, 1.807) is 30.3 Å². The molecule has 2 aliphatic rings. The van der Waals surface area contributed by atoms with Crippen LogP contribution in [0.4, 0.5) is 10.1 Å². The zero-order chi connectivity index (χ0) is 28.0. The number of aliphatic carboxylic acids is 1. The molecule has 0 spiro atoms. The lowest BCUT2D eigenvalue weighted by Crippen LogP contribution is -2.41. The highest BCUT2D eigenvalue weighted by Gasteiger charge is 2.28. The van der Waals surface area contributed by atoms with Crippen molar-refractivity contribution in [3.05, 3.63) is 65.5 Å². The number of benzene rings is 2. The van der Waals surface area contributed by atoms with Gasteiger partial charge in [0, 0.05) is 44.5 Å². The molecule has 2 heterocycles. The molecule has 0 unspecified atom stereocenters. The van der Waals surface area contributed by atoms with Gasteiger partial charge in [-0.3, -0.25) is 19.5 Å². The molecule has 4 N–H and O–H groups in total. The minimum atomic E-state index is -4.40. The molecule has 10 nitrogen and oxygen atoms in total. The van der Waals surface area contributed by atoms with Crippen LogP contribution in [0.25, 0.3) is 6.08 Å².